The van der Waals surface area contributed by atoms with Crippen LogP contribution in [0.5, 0.6) is 0 Å². The Labute approximate surface area is 140 Å². The molecule has 1 rings (SSSR count). The molecule has 0 aromatic heterocycles. The van der Waals surface area contributed by atoms with Crippen LogP contribution < -0.4 is 11.1 Å². The van der Waals surface area contributed by atoms with Crippen molar-refractivity contribution in [2.24, 2.45) is 22.1 Å². The van der Waals surface area contributed by atoms with E-state index in [1.54, 1.807) is 4.90 Å². The number of nitrogens with zero attached hydrogens (tertiary/aromatic N) is 2. The zero-order valence-corrected chi connectivity index (χ0v) is 15.6. The second-order valence-corrected chi connectivity index (χ2v) is 8.25. The van der Waals surface area contributed by atoms with Gasteiger partial charge in [-0.25, -0.2) is 4.79 Å². The van der Waals surface area contributed by atoms with Crippen LogP contribution in [0, 0.1) is 11.3 Å². The quantitative estimate of drug-likeness (QED) is 0.615. The first-order chi connectivity index (χ1) is 10.5. The third-order valence-corrected chi connectivity index (χ3v) is 3.94. The molecular formula is C17H34N4O2. The van der Waals surface area contributed by atoms with Crippen molar-refractivity contribution in [1.82, 2.24) is 10.2 Å². The van der Waals surface area contributed by atoms with Crippen LogP contribution in [-0.2, 0) is 4.74 Å². The number of guanidine groups is 1. The maximum Gasteiger partial charge on any atom is 0.410 e. The Bertz CT molecular complexity index is 419. The van der Waals surface area contributed by atoms with Gasteiger partial charge in [0.15, 0.2) is 5.96 Å². The number of amides is 1. The van der Waals surface area contributed by atoms with E-state index in [2.05, 4.69) is 31.1 Å². The number of aliphatic imine (C=N–C) groups is 1. The van der Waals surface area contributed by atoms with Crippen LogP contribution in [0.3, 0.4) is 0 Å². The maximum atomic E-state index is 12.1. The molecule has 0 radical (unpaired) electrons. The average Bonchev–Trinajstić information content (AvgIpc) is 2.42. The van der Waals surface area contributed by atoms with Gasteiger partial charge in [-0.2, -0.15) is 0 Å². The Morgan fingerprint density at radius 1 is 1.35 bits per heavy atom. The van der Waals surface area contributed by atoms with E-state index < -0.39 is 5.60 Å². The number of piperidine rings is 1. The summed E-state index contributed by atoms with van der Waals surface area (Å²) < 4.78 is 5.43. The molecule has 0 aromatic carbocycles. The number of rotatable bonds is 4. The van der Waals surface area contributed by atoms with Crippen molar-refractivity contribution in [2.75, 3.05) is 26.2 Å². The van der Waals surface area contributed by atoms with Crippen molar-refractivity contribution in [3.05, 3.63) is 0 Å². The van der Waals surface area contributed by atoms with Crippen LogP contribution in [0.2, 0.25) is 0 Å². The molecule has 0 aliphatic carbocycles. The van der Waals surface area contributed by atoms with Crippen molar-refractivity contribution in [3.8, 4) is 0 Å². The average molecular weight is 326 g/mol. The zero-order chi connectivity index (χ0) is 17.7. The maximum absolute atomic E-state index is 12.1. The first-order valence-electron chi connectivity index (χ1n) is 8.52. The van der Waals surface area contributed by atoms with Gasteiger partial charge < -0.3 is 20.7 Å². The third kappa shape index (κ3) is 7.57. The molecule has 6 heteroatoms. The van der Waals surface area contributed by atoms with Gasteiger partial charge in [0.1, 0.15) is 5.60 Å². The lowest BCUT2D eigenvalue weighted by molar-refractivity contribution is 0.0127. The largest absolute Gasteiger partial charge is 0.444 e. The van der Waals surface area contributed by atoms with Gasteiger partial charge in [0.25, 0.3) is 0 Å². The fourth-order valence-corrected chi connectivity index (χ4v) is 2.35. The van der Waals surface area contributed by atoms with Crippen molar-refractivity contribution in [1.29, 1.82) is 0 Å². The zero-order valence-electron chi connectivity index (χ0n) is 15.6. The smallest absolute Gasteiger partial charge is 0.410 e. The molecule has 0 atom stereocenters. The molecule has 1 fully saturated rings. The molecule has 6 nitrogen and oxygen atoms in total. The van der Waals surface area contributed by atoms with Gasteiger partial charge in [0.2, 0.25) is 0 Å². The highest BCUT2D eigenvalue weighted by molar-refractivity contribution is 5.77. The monoisotopic (exact) mass is 326 g/mol. The van der Waals surface area contributed by atoms with Gasteiger partial charge in [0, 0.05) is 26.2 Å². The summed E-state index contributed by atoms with van der Waals surface area (Å²) in [5, 5.41) is 3.13. The molecule has 0 aromatic rings. The highest BCUT2D eigenvalue weighted by atomic mass is 16.6. The number of carbonyl (C=O) groups excluding carboxylic acids is 1. The van der Waals surface area contributed by atoms with Crippen molar-refractivity contribution in [3.63, 3.8) is 0 Å². The molecule has 1 heterocycles. The Morgan fingerprint density at radius 3 is 2.39 bits per heavy atom. The van der Waals surface area contributed by atoms with Crippen LogP contribution in [-0.4, -0.2) is 48.7 Å². The third-order valence-electron chi connectivity index (χ3n) is 3.94. The first-order valence-corrected chi connectivity index (χ1v) is 8.52. The van der Waals surface area contributed by atoms with Crippen molar-refractivity contribution < 1.29 is 9.53 Å². The van der Waals surface area contributed by atoms with E-state index in [-0.39, 0.29) is 11.5 Å². The molecule has 0 saturated carbocycles. The number of hydrogen-bond donors (Lipinski definition) is 2. The molecule has 3 N–H and O–H groups in total. The SMILES string of the molecule is CC(C)CNC(N)=NCC1(C)CCN(C(=O)OC(C)(C)C)CC1. The number of carbonyl (C=O) groups is 1. The number of ether oxygens (including phenoxy) is 1. The Hall–Kier alpha value is -1.46. The normalized spacial score (nSPS) is 18.9. The fourth-order valence-electron chi connectivity index (χ4n) is 2.35. The summed E-state index contributed by atoms with van der Waals surface area (Å²) >= 11 is 0. The minimum Gasteiger partial charge on any atom is -0.444 e. The highest BCUT2D eigenvalue weighted by Crippen LogP contribution is 2.31. The summed E-state index contributed by atoms with van der Waals surface area (Å²) in [6.07, 6.45) is 1.60. The Kier molecular flexibility index (Phi) is 6.71. The molecule has 1 aliphatic rings. The second kappa shape index (κ2) is 7.88. The molecule has 1 saturated heterocycles. The molecule has 0 bridgehead atoms. The number of hydrogen-bond acceptors (Lipinski definition) is 3. The van der Waals surface area contributed by atoms with Gasteiger partial charge in [0.05, 0.1) is 0 Å². The molecule has 134 valence electrons. The summed E-state index contributed by atoms with van der Waals surface area (Å²) in [4.78, 5) is 18.3. The number of nitrogens with two attached hydrogens (primary N) is 1. The lowest BCUT2D eigenvalue weighted by Gasteiger charge is -2.38. The fraction of sp³-hybridized carbons (Fsp3) is 0.882. The van der Waals surface area contributed by atoms with Crippen molar-refractivity contribution >= 4 is 12.1 Å². The van der Waals surface area contributed by atoms with Crippen LogP contribution in [0.1, 0.15) is 54.4 Å². The summed E-state index contributed by atoms with van der Waals surface area (Å²) in [7, 11) is 0. The molecular weight excluding hydrogens is 292 g/mol. The molecule has 23 heavy (non-hydrogen) atoms. The minimum atomic E-state index is -0.446. The van der Waals surface area contributed by atoms with Gasteiger partial charge in [-0.05, 0) is 44.9 Å². The van der Waals surface area contributed by atoms with Gasteiger partial charge in [-0.15, -0.1) is 0 Å². The second-order valence-electron chi connectivity index (χ2n) is 8.25. The van der Waals surface area contributed by atoms with E-state index in [1.165, 1.54) is 0 Å². The van der Waals surface area contributed by atoms with Crippen LogP contribution in [0.25, 0.3) is 0 Å². The topological polar surface area (TPSA) is 80.0 Å². The van der Waals surface area contributed by atoms with Crippen molar-refractivity contribution in [2.45, 2.75) is 60.0 Å². The van der Waals surface area contributed by atoms with E-state index in [4.69, 9.17) is 10.5 Å². The van der Waals surface area contributed by atoms with Gasteiger partial charge in [-0.1, -0.05) is 20.8 Å². The van der Waals surface area contributed by atoms with Crippen LogP contribution >= 0.6 is 0 Å². The molecule has 0 spiro atoms. The highest BCUT2D eigenvalue weighted by Gasteiger charge is 2.33. The van der Waals surface area contributed by atoms with E-state index in [0.717, 1.165) is 19.4 Å². The van der Waals surface area contributed by atoms with Gasteiger partial charge in [-0.3, -0.25) is 4.99 Å². The predicted octanol–water partition coefficient (Wildman–Crippen LogP) is 2.58. The Balaban J connectivity index is 2.44. The summed E-state index contributed by atoms with van der Waals surface area (Å²) in [6.45, 7) is 15.1. The van der Waals surface area contributed by atoms with Gasteiger partial charge >= 0.3 is 6.09 Å². The minimum absolute atomic E-state index is 0.0860. The predicted molar refractivity (Wildman–Crippen MR) is 94.5 cm³/mol. The van der Waals surface area contributed by atoms with E-state index in [9.17, 15) is 4.79 Å². The van der Waals surface area contributed by atoms with Crippen LogP contribution in [0.15, 0.2) is 4.99 Å². The molecule has 1 aliphatic heterocycles. The lowest BCUT2D eigenvalue weighted by atomic mass is 9.80. The summed E-state index contributed by atoms with van der Waals surface area (Å²) in [5.74, 6) is 1.05. The molecule has 0 unspecified atom stereocenters. The number of likely N-dealkylation sites (tertiary alicyclic amines) is 1. The standard InChI is InChI=1S/C17H34N4O2/c1-13(2)11-19-14(18)20-12-17(6)7-9-21(10-8-17)15(22)23-16(3,4)5/h13H,7-12H2,1-6H3,(H3,18,19,20). The van der Waals surface area contributed by atoms with Crippen LogP contribution in [0.4, 0.5) is 4.79 Å². The van der Waals surface area contributed by atoms with E-state index in [1.807, 2.05) is 20.8 Å². The Morgan fingerprint density at radius 2 is 1.91 bits per heavy atom. The summed E-state index contributed by atoms with van der Waals surface area (Å²) in [6, 6.07) is 0. The lowest BCUT2D eigenvalue weighted by Crippen LogP contribution is -2.45. The van der Waals surface area contributed by atoms with E-state index >= 15 is 0 Å². The first kappa shape index (κ1) is 19.6. The number of nitrogens with one attached hydrogen (secondary N) is 1. The summed E-state index contributed by atoms with van der Waals surface area (Å²) in [5.41, 5.74) is 5.54. The molecule has 1 amide bonds. The van der Waals surface area contributed by atoms with E-state index in [0.29, 0.717) is 31.5 Å².